The van der Waals surface area contributed by atoms with Crippen molar-refractivity contribution in [2.45, 2.75) is 77.7 Å². The first-order valence-electron chi connectivity index (χ1n) is 13.1. The fraction of sp³-hybridized carbons (Fsp3) is 0.483. The lowest BCUT2D eigenvalue weighted by Gasteiger charge is -2.31. The monoisotopic (exact) mass is 509 g/mol. The Hall–Kier alpha value is -3.23. The van der Waals surface area contributed by atoms with Gasteiger partial charge in [0.15, 0.2) is 0 Å². The fourth-order valence-electron chi connectivity index (χ4n) is 4.55. The van der Waals surface area contributed by atoms with E-state index < -0.39 is 12.0 Å². The fourth-order valence-corrected chi connectivity index (χ4v) is 4.55. The Morgan fingerprint density at radius 2 is 1.57 bits per heavy atom. The highest BCUT2D eigenvalue weighted by atomic mass is 16.7. The molecule has 1 atom stereocenters. The molecule has 8 nitrogen and oxygen atoms in total. The Morgan fingerprint density at radius 3 is 2.14 bits per heavy atom. The Bertz CT molecular complexity index is 964. The topological polar surface area (TPSA) is 88.2 Å². The predicted molar refractivity (Wildman–Crippen MR) is 140 cm³/mol. The third kappa shape index (κ3) is 9.98. The number of hydrogen-bond acceptors (Lipinski definition) is 6. The number of rotatable bonds is 15. The normalized spacial score (nSPS) is 14.5. The lowest BCUT2D eigenvalue weighted by molar-refractivity contribution is -0.196. The summed E-state index contributed by atoms with van der Waals surface area (Å²) in [6, 6.07) is 18.5. The molecule has 3 rings (SSSR count). The van der Waals surface area contributed by atoms with Crippen LogP contribution in [0.25, 0.3) is 0 Å². The number of esters is 1. The molecule has 37 heavy (non-hydrogen) atoms. The van der Waals surface area contributed by atoms with E-state index in [-0.39, 0.29) is 38.1 Å². The summed E-state index contributed by atoms with van der Waals surface area (Å²) >= 11 is 0. The van der Waals surface area contributed by atoms with Crippen molar-refractivity contribution in [3.8, 4) is 0 Å². The molecule has 200 valence electrons. The van der Waals surface area contributed by atoms with Gasteiger partial charge in [-0.25, -0.2) is 10.1 Å². The molecular formula is C29H39N3O5. The Morgan fingerprint density at radius 1 is 0.973 bits per heavy atom. The molecule has 0 radical (unpaired) electrons. The van der Waals surface area contributed by atoms with Crippen molar-refractivity contribution < 1.29 is 24.0 Å². The Kier molecular flexibility index (Phi) is 11.6. The van der Waals surface area contributed by atoms with E-state index in [1.807, 2.05) is 74.5 Å². The summed E-state index contributed by atoms with van der Waals surface area (Å²) in [6.45, 7) is 4.12. The molecule has 8 heteroatoms. The predicted octanol–water partition coefficient (Wildman–Crippen LogP) is 4.40. The summed E-state index contributed by atoms with van der Waals surface area (Å²) in [4.78, 5) is 43.4. The smallest absolute Gasteiger partial charge is 0.322 e. The molecular weight excluding hydrogens is 470 g/mol. The van der Waals surface area contributed by atoms with Gasteiger partial charge in [0, 0.05) is 6.04 Å². The number of hydrazine groups is 1. The average molecular weight is 510 g/mol. The highest BCUT2D eigenvalue weighted by molar-refractivity contribution is 5.77. The maximum absolute atomic E-state index is 13.1. The molecule has 0 heterocycles. The van der Waals surface area contributed by atoms with Crippen LogP contribution in [0.2, 0.25) is 0 Å². The van der Waals surface area contributed by atoms with Crippen molar-refractivity contribution in [2.24, 2.45) is 5.92 Å². The molecule has 1 N–H and O–H groups in total. The average Bonchev–Trinajstić information content (AvgIpc) is 3.41. The quantitative estimate of drug-likeness (QED) is 0.218. The Balaban J connectivity index is 1.57. The molecule has 0 spiro atoms. The molecule has 2 aromatic carbocycles. The van der Waals surface area contributed by atoms with Crippen molar-refractivity contribution >= 4 is 18.3 Å². The van der Waals surface area contributed by atoms with Crippen LogP contribution >= 0.6 is 0 Å². The van der Waals surface area contributed by atoms with Gasteiger partial charge in [-0.1, -0.05) is 86.3 Å². The number of carbonyl (C=O) groups is 3. The van der Waals surface area contributed by atoms with Crippen LogP contribution in [0.1, 0.15) is 63.5 Å². The van der Waals surface area contributed by atoms with Crippen molar-refractivity contribution in [1.29, 1.82) is 0 Å². The minimum Gasteiger partial charge on any atom is -0.460 e. The number of ether oxygens (including phenoxy) is 1. The maximum Gasteiger partial charge on any atom is 0.322 e. The summed E-state index contributed by atoms with van der Waals surface area (Å²) in [6.07, 6.45) is 5.96. The molecule has 0 bridgehead atoms. The molecule has 1 saturated carbocycles. The molecule has 0 saturated heterocycles. The second-order valence-corrected chi connectivity index (χ2v) is 9.87. The summed E-state index contributed by atoms with van der Waals surface area (Å²) in [5, 5.41) is 2.86. The van der Waals surface area contributed by atoms with Gasteiger partial charge in [0.05, 0.1) is 12.5 Å². The van der Waals surface area contributed by atoms with E-state index in [9.17, 15) is 14.4 Å². The zero-order valence-corrected chi connectivity index (χ0v) is 21.9. The molecule has 2 amide bonds. The summed E-state index contributed by atoms with van der Waals surface area (Å²) in [5.41, 5.74) is 4.69. The van der Waals surface area contributed by atoms with Crippen molar-refractivity contribution in [1.82, 2.24) is 15.5 Å². The largest absolute Gasteiger partial charge is 0.460 e. The first-order valence-corrected chi connectivity index (χ1v) is 13.1. The van der Waals surface area contributed by atoms with E-state index >= 15 is 0 Å². The molecule has 1 aliphatic rings. The van der Waals surface area contributed by atoms with E-state index in [1.54, 1.807) is 5.01 Å². The lowest BCUT2D eigenvalue weighted by Crippen LogP contribution is -2.50. The van der Waals surface area contributed by atoms with E-state index in [2.05, 4.69) is 5.43 Å². The number of nitrogens with zero attached hydrogens (tertiary/aromatic N) is 2. The third-order valence-corrected chi connectivity index (χ3v) is 6.62. The number of hydroxylamine groups is 2. The van der Waals surface area contributed by atoms with Gasteiger partial charge in [0.25, 0.3) is 0 Å². The van der Waals surface area contributed by atoms with Gasteiger partial charge in [0.1, 0.15) is 19.8 Å². The number of hydrogen-bond donors (Lipinski definition) is 1. The minimum absolute atomic E-state index is 0.0757. The maximum atomic E-state index is 13.1. The van der Waals surface area contributed by atoms with Gasteiger partial charge in [-0.05, 0) is 37.3 Å². The van der Waals surface area contributed by atoms with E-state index in [4.69, 9.17) is 9.57 Å². The lowest BCUT2D eigenvalue weighted by atomic mass is 9.96. The molecule has 1 unspecified atom stereocenters. The molecule has 0 aromatic heterocycles. The molecule has 1 fully saturated rings. The second kappa shape index (κ2) is 15.1. The first-order chi connectivity index (χ1) is 17.9. The number of amides is 2. The summed E-state index contributed by atoms with van der Waals surface area (Å²) in [5.74, 6) is -0.251. The van der Waals surface area contributed by atoms with Crippen molar-refractivity contribution in [3.05, 3.63) is 71.8 Å². The van der Waals surface area contributed by atoms with E-state index in [0.717, 1.165) is 24.0 Å². The SMILES string of the molecule is CC(C)N(CC(=O)OCc1ccccc1)NC(=O)CC(CC1CCCC1)N(C=O)OCc1ccccc1. The van der Waals surface area contributed by atoms with Crippen LogP contribution in [-0.4, -0.2) is 47.0 Å². The third-order valence-electron chi connectivity index (χ3n) is 6.62. The van der Waals surface area contributed by atoms with Gasteiger partial charge in [-0.15, -0.1) is 0 Å². The summed E-state index contributed by atoms with van der Waals surface area (Å²) in [7, 11) is 0. The highest BCUT2D eigenvalue weighted by Crippen LogP contribution is 2.30. The highest BCUT2D eigenvalue weighted by Gasteiger charge is 2.28. The minimum atomic E-state index is -0.430. The van der Waals surface area contributed by atoms with Gasteiger partial charge in [0.2, 0.25) is 12.3 Å². The number of benzene rings is 2. The van der Waals surface area contributed by atoms with Gasteiger partial charge in [-0.3, -0.25) is 24.6 Å². The number of carbonyl (C=O) groups excluding carboxylic acids is 3. The van der Waals surface area contributed by atoms with Crippen LogP contribution in [-0.2, 0) is 37.2 Å². The zero-order chi connectivity index (χ0) is 26.5. The van der Waals surface area contributed by atoms with Crippen LogP contribution < -0.4 is 5.43 Å². The van der Waals surface area contributed by atoms with Gasteiger partial charge in [-0.2, -0.15) is 0 Å². The van der Waals surface area contributed by atoms with Crippen LogP contribution in [0.15, 0.2) is 60.7 Å². The van der Waals surface area contributed by atoms with E-state index in [1.165, 1.54) is 17.9 Å². The number of nitrogens with one attached hydrogen (secondary N) is 1. The van der Waals surface area contributed by atoms with E-state index in [0.29, 0.717) is 18.7 Å². The van der Waals surface area contributed by atoms with Crippen LogP contribution in [0, 0.1) is 5.92 Å². The van der Waals surface area contributed by atoms with Gasteiger partial charge >= 0.3 is 5.97 Å². The van der Waals surface area contributed by atoms with Crippen molar-refractivity contribution in [3.63, 3.8) is 0 Å². The summed E-state index contributed by atoms with van der Waals surface area (Å²) < 4.78 is 5.38. The van der Waals surface area contributed by atoms with Crippen molar-refractivity contribution in [2.75, 3.05) is 6.54 Å². The van der Waals surface area contributed by atoms with Crippen LogP contribution in [0.4, 0.5) is 0 Å². The molecule has 0 aliphatic heterocycles. The zero-order valence-electron chi connectivity index (χ0n) is 21.9. The Labute approximate surface area is 219 Å². The second-order valence-electron chi connectivity index (χ2n) is 9.87. The van der Waals surface area contributed by atoms with Crippen LogP contribution in [0.5, 0.6) is 0 Å². The molecule has 1 aliphatic carbocycles. The standard InChI is InChI=1S/C29H39N3O5/c1-23(2)31(19-29(35)36-20-25-13-5-3-6-14-25)30-28(34)18-27(17-24-11-9-10-12-24)32(22-33)37-21-26-15-7-4-8-16-26/h3-8,13-16,22-24,27H,9-12,17-21H2,1-2H3,(H,30,34). The molecule has 2 aromatic rings. The van der Waals surface area contributed by atoms with Crippen LogP contribution in [0.3, 0.4) is 0 Å². The van der Waals surface area contributed by atoms with Gasteiger partial charge < -0.3 is 4.74 Å². The first kappa shape index (κ1) is 28.3.